The molecule has 1 fully saturated rings. The van der Waals surface area contributed by atoms with Gasteiger partial charge in [-0.1, -0.05) is 27.7 Å². The Bertz CT molecular complexity index is 2020. The Labute approximate surface area is 346 Å². The molecule has 0 bridgehead atoms. The number of aliphatic hydroxyl groups is 1. The first kappa shape index (κ1) is 44.3. The normalized spacial score (nSPS) is 15.1. The molecule has 293 valence electrons. The average molecular weight is 987 g/mol. The van der Waals surface area contributed by atoms with Crippen LogP contribution >= 0.6 is 0 Å². The van der Waals surface area contributed by atoms with Gasteiger partial charge in [0.2, 0.25) is 0 Å². The summed E-state index contributed by atoms with van der Waals surface area (Å²) >= 11 is 0.208. The molecule has 1 saturated carbocycles. The van der Waals surface area contributed by atoms with Crippen molar-refractivity contribution in [2.45, 2.75) is 138 Å². The molecular weight excluding hydrogens is 924 g/mol. The molecule has 6 rings (SSSR count). The molecule has 0 amide bonds. The maximum atomic E-state index is 11.7. The summed E-state index contributed by atoms with van der Waals surface area (Å²) in [5.41, 5.74) is 5.45. The van der Waals surface area contributed by atoms with Crippen molar-refractivity contribution in [3.63, 3.8) is 0 Å². The van der Waals surface area contributed by atoms with E-state index in [1.165, 1.54) is 80.1 Å². The molecule has 0 aliphatic heterocycles. The molecule has 1 N–H and O–H groups in total. The minimum atomic E-state index is -1.61. The van der Waals surface area contributed by atoms with Crippen LogP contribution in [-0.4, -0.2) is 43.4 Å². The van der Waals surface area contributed by atoms with Gasteiger partial charge in [0.1, 0.15) is 0 Å². The summed E-state index contributed by atoms with van der Waals surface area (Å²) in [6.07, 6.45) is 12.0. The molecule has 2 heterocycles. The predicted molar refractivity (Wildman–Crippen MR) is 231 cm³/mol. The van der Waals surface area contributed by atoms with Gasteiger partial charge in [-0.2, -0.15) is 0 Å². The van der Waals surface area contributed by atoms with Crippen LogP contribution in [-0.2, 0) is 24.9 Å². The number of fused-ring (bicyclic) bond motifs is 4. The average Bonchev–Trinajstić information content (AvgIpc) is 3.55. The van der Waals surface area contributed by atoms with Crippen molar-refractivity contribution in [3.05, 3.63) is 78.3 Å². The molecule has 5 aromatic rings. The smallest absolute Gasteiger partial charge is 0 e. The summed E-state index contributed by atoms with van der Waals surface area (Å²) in [6.45, 7) is 20.1. The first-order chi connectivity index (χ1) is 25.5. The molecule has 3 aromatic carbocycles. The van der Waals surface area contributed by atoms with Crippen molar-refractivity contribution in [2.24, 2.45) is 17.3 Å². The second kappa shape index (κ2) is 19.6. The van der Waals surface area contributed by atoms with Gasteiger partial charge in [0.05, 0.1) is 5.76 Å². The van der Waals surface area contributed by atoms with Crippen LogP contribution in [0.25, 0.3) is 41.5 Å². The maximum Gasteiger partial charge on any atom is 0 e. The maximum absolute atomic E-state index is 11.7. The van der Waals surface area contributed by atoms with Crippen LogP contribution < -0.4 is 5.19 Å². The molecule has 1 aliphatic carbocycles. The second-order valence-corrected chi connectivity index (χ2v) is 23.6. The Kier molecular flexibility index (Phi) is 16.1. The van der Waals surface area contributed by atoms with Gasteiger partial charge >= 0.3 is 235 Å². The van der Waals surface area contributed by atoms with Gasteiger partial charge in [-0.15, -0.1) is 0 Å². The molecule has 7 heteroatoms. The molecule has 0 unspecified atom stereocenters. The second-order valence-electron chi connectivity index (χ2n) is 16.2. The molecule has 54 heavy (non-hydrogen) atoms. The summed E-state index contributed by atoms with van der Waals surface area (Å²) in [4.78, 5) is 21.5. The fraction of sp³-hybridized carbons (Fsp3) is 0.511. The van der Waals surface area contributed by atoms with Crippen molar-refractivity contribution in [2.75, 3.05) is 0 Å². The van der Waals surface area contributed by atoms with Crippen molar-refractivity contribution >= 4 is 63.7 Å². The number of hydrogen-bond donors (Lipinski definition) is 1. The van der Waals surface area contributed by atoms with E-state index < -0.39 is 8.07 Å². The van der Waals surface area contributed by atoms with Crippen molar-refractivity contribution in [3.8, 4) is 11.3 Å². The summed E-state index contributed by atoms with van der Waals surface area (Å²) in [5.74, 6) is 1.25. The molecule has 1 aliphatic rings. The zero-order valence-electron chi connectivity index (χ0n) is 34.3. The van der Waals surface area contributed by atoms with E-state index in [1.807, 2.05) is 27.7 Å². The minimum Gasteiger partial charge on any atom is 0 e. The van der Waals surface area contributed by atoms with Crippen LogP contribution in [0.5, 0.6) is 0 Å². The summed E-state index contributed by atoms with van der Waals surface area (Å²) in [6, 6.07) is 26.2. The van der Waals surface area contributed by atoms with E-state index >= 15 is 0 Å². The van der Waals surface area contributed by atoms with E-state index in [1.54, 1.807) is 11.5 Å². The predicted octanol–water partition coefficient (Wildman–Crippen LogP) is 12.7. The Hall–Kier alpha value is -2.40. The van der Waals surface area contributed by atoms with Gasteiger partial charge < -0.3 is 5.11 Å². The van der Waals surface area contributed by atoms with Crippen LogP contribution in [0.4, 0.5) is 0 Å². The number of aliphatic hydroxyl groups excluding tert-OH is 1. The van der Waals surface area contributed by atoms with Crippen molar-refractivity contribution in [1.29, 1.82) is 0 Å². The van der Waals surface area contributed by atoms with E-state index in [4.69, 9.17) is 9.97 Å². The van der Waals surface area contributed by atoms with Gasteiger partial charge in [0.15, 0.2) is 5.78 Å². The van der Waals surface area contributed by atoms with E-state index in [0.29, 0.717) is 11.3 Å². The molecule has 1 radical (unpaired) electrons. The first-order valence-electron chi connectivity index (χ1n) is 20.6. The zero-order valence-corrected chi connectivity index (χ0v) is 39.4. The quantitative estimate of drug-likeness (QED) is 0.0553. The number of hydrogen-bond acceptors (Lipinski definition) is 4. The number of aromatic nitrogens is 2. The van der Waals surface area contributed by atoms with Gasteiger partial charge in [-0.3, -0.25) is 4.79 Å². The van der Waals surface area contributed by atoms with Gasteiger partial charge in [-0.05, 0) is 25.7 Å². The number of rotatable bonds is 13. The third-order valence-corrected chi connectivity index (χ3v) is 20.8. The van der Waals surface area contributed by atoms with Crippen LogP contribution in [0.3, 0.4) is 0 Å². The largest absolute Gasteiger partial charge is 0 e. The molecule has 0 saturated heterocycles. The van der Waals surface area contributed by atoms with Crippen LogP contribution in [0, 0.1) is 23.3 Å². The number of carbonyl (C=O) groups excluding carboxylic acids is 1. The Morgan fingerprint density at radius 3 is 2.13 bits per heavy atom. The fourth-order valence-electron chi connectivity index (χ4n) is 8.67. The van der Waals surface area contributed by atoms with Crippen LogP contribution in [0.1, 0.15) is 125 Å². The van der Waals surface area contributed by atoms with Crippen molar-refractivity contribution < 1.29 is 30.0 Å². The molecule has 2 aromatic heterocycles. The SMILES string of the molecule is CCC(CC)C(=O)/C=C(\O)C(CC)CC.CC[Si](CC)(CC)c1cc(-c2ncnc3c2[se]c2cc(C4CCC(C)(C)CC4)ccc23)[c-]c2ccccc12.[Ir]. The Balaban J connectivity index is 0.000000347. The fourth-order valence-corrected chi connectivity index (χ4v) is 15.1. The van der Waals surface area contributed by atoms with E-state index in [0.717, 1.165) is 42.5 Å². The summed E-state index contributed by atoms with van der Waals surface area (Å²) in [7, 11) is -1.61. The van der Waals surface area contributed by atoms with Gasteiger partial charge in [0, 0.05) is 38.0 Å². The van der Waals surface area contributed by atoms with Crippen LogP contribution in [0.15, 0.2) is 66.7 Å². The van der Waals surface area contributed by atoms with Gasteiger partial charge in [0.25, 0.3) is 0 Å². The van der Waals surface area contributed by atoms with E-state index in [2.05, 4.69) is 89.2 Å². The van der Waals surface area contributed by atoms with E-state index in [9.17, 15) is 9.90 Å². The monoisotopic (exact) mass is 988 g/mol. The third-order valence-electron chi connectivity index (χ3n) is 12.8. The Morgan fingerprint density at radius 2 is 1.52 bits per heavy atom. The molecule has 0 atom stereocenters. The zero-order chi connectivity index (χ0) is 38.3. The third kappa shape index (κ3) is 9.58. The van der Waals surface area contributed by atoms with E-state index in [-0.39, 0.29) is 58.0 Å². The van der Waals surface area contributed by atoms with Crippen LogP contribution in [0.2, 0.25) is 18.1 Å². The molecular formula is C47H63IrN2O2SeSi-. The Morgan fingerprint density at radius 1 is 0.889 bits per heavy atom. The number of benzene rings is 3. The standard InChI is InChI=1S/C34H39N2SeSi.C13H24O2.Ir/c1-6-38(7-2,8-3)30-21-26(19-25-11-9-10-12-27(25)30)31-33-32(36-22-35-31)28-14-13-24(20-29(28)37-33)23-15-17-34(4,5)18-16-23;1-5-10(6-2)12(14)9-13(15)11(7-3)8-4;/h9-14,20-23H,6-8,15-18H2,1-5H3;9-11,14H,5-8H2,1-4H3;/q-1;;/b;12-9-;. The van der Waals surface area contributed by atoms with Gasteiger partial charge in [-0.25, -0.2) is 0 Å². The number of nitrogens with zero attached hydrogens (tertiary/aromatic N) is 2. The number of allylic oxidation sites excluding steroid dienone is 2. The van der Waals surface area contributed by atoms with Crippen molar-refractivity contribution in [1.82, 2.24) is 9.97 Å². The number of ketones is 1. The summed E-state index contributed by atoms with van der Waals surface area (Å²) in [5, 5.41) is 15.3. The summed E-state index contributed by atoms with van der Waals surface area (Å²) < 4.78 is 2.82. The topological polar surface area (TPSA) is 63.1 Å². The number of carbonyl (C=O) groups is 1. The molecule has 4 nitrogen and oxygen atoms in total. The molecule has 0 spiro atoms. The first-order valence-corrected chi connectivity index (χ1v) is 24.9. The minimum absolute atomic E-state index is 0.